The van der Waals surface area contributed by atoms with E-state index in [2.05, 4.69) is 10.5 Å². The highest BCUT2D eigenvalue weighted by Crippen LogP contribution is 2.40. The van der Waals surface area contributed by atoms with E-state index in [1.54, 1.807) is 30.1 Å². The highest BCUT2D eigenvalue weighted by molar-refractivity contribution is 5.98. The van der Waals surface area contributed by atoms with E-state index in [9.17, 15) is 9.59 Å². The van der Waals surface area contributed by atoms with Crippen LogP contribution < -0.4 is 15.0 Å². The number of aromatic nitrogens is 1. The molecule has 1 N–H and O–H groups in total. The van der Waals surface area contributed by atoms with Gasteiger partial charge in [0.25, 0.3) is 5.91 Å². The van der Waals surface area contributed by atoms with Crippen LogP contribution in [0.3, 0.4) is 0 Å². The van der Waals surface area contributed by atoms with Crippen LogP contribution in [0.1, 0.15) is 37.1 Å². The number of ether oxygens (including phenoxy) is 1. The van der Waals surface area contributed by atoms with Gasteiger partial charge in [-0.25, -0.2) is 4.79 Å². The van der Waals surface area contributed by atoms with Crippen LogP contribution in [0.2, 0.25) is 0 Å². The predicted octanol–water partition coefficient (Wildman–Crippen LogP) is 2.96. The van der Waals surface area contributed by atoms with Crippen LogP contribution in [0.4, 0.5) is 16.2 Å². The Bertz CT molecular complexity index is 874. The summed E-state index contributed by atoms with van der Waals surface area (Å²) in [7, 11) is 1.70. The fourth-order valence-electron chi connectivity index (χ4n) is 3.13. The van der Waals surface area contributed by atoms with Crippen molar-refractivity contribution < 1.29 is 18.8 Å². The quantitative estimate of drug-likeness (QED) is 0.874. The van der Waals surface area contributed by atoms with Gasteiger partial charge in [-0.3, -0.25) is 4.79 Å². The Morgan fingerprint density at radius 3 is 2.93 bits per heavy atom. The summed E-state index contributed by atoms with van der Waals surface area (Å²) in [6.45, 7) is 2.86. The summed E-state index contributed by atoms with van der Waals surface area (Å²) >= 11 is 0. The number of hydrogen-bond acceptors (Lipinski definition) is 5. The Morgan fingerprint density at radius 2 is 2.19 bits per heavy atom. The van der Waals surface area contributed by atoms with Crippen molar-refractivity contribution in [2.75, 3.05) is 30.4 Å². The first-order valence-corrected chi connectivity index (χ1v) is 9.10. The summed E-state index contributed by atoms with van der Waals surface area (Å²) in [6, 6.07) is 6.94. The fraction of sp³-hybridized carbons (Fsp3) is 0.421. The number of likely N-dealkylation sites (N-methyl/N-ethyl adjacent to an activating group) is 1. The normalized spacial score (nSPS) is 15.9. The average Bonchev–Trinajstić information content (AvgIpc) is 3.41. The number of nitrogens with one attached hydrogen (secondary N) is 1. The summed E-state index contributed by atoms with van der Waals surface area (Å²) in [6.07, 6.45) is 2.29. The molecule has 0 atom stereocenters. The lowest BCUT2D eigenvalue weighted by Crippen LogP contribution is -2.38. The summed E-state index contributed by atoms with van der Waals surface area (Å²) in [5, 5.41) is 6.88. The predicted molar refractivity (Wildman–Crippen MR) is 98.9 cm³/mol. The minimum absolute atomic E-state index is 0.00757. The number of benzene rings is 1. The number of hydrogen-bond donors (Lipinski definition) is 1. The van der Waals surface area contributed by atoms with Crippen LogP contribution in [0.5, 0.6) is 5.75 Å². The highest BCUT2D eigenvalue weighted by Gasteiger charge is 2.28. The molecule has 0 spiro atoms. The summed E-state index contributed by atoms with van der Waals surface area (Å²) in [4.78, 5) is 27.5. The van der Waals surface area contributed by atoms with Crippen molar-refractivity contribution in [3.8, 4) is 5.75 Å². The number of nitrogens with zero attached hydrogens (tertiary/aromatic N) is 3. The maximum absolute atomic E-state index is 12.5. The molecule has 1 aromatic heterocycles. The Morgan fingerprint density at radius 1 is 1.37 bits per heavy atom. The van der Waals surface area contributed by atoms with E-state index in [1.165, 1.54) is 4.90 Å². The van der Waals surface area contributed by atoms with Gasteiger partial charge in [0.15, 0.2) is 6.61 Å². The van der Waals surface area contributed by atoms with Gasteiger partial charge in [-0.15, -0.1) is 0 Å². The molecule has 3 amide bonds. The van der Waals surface area contributed by atoms with Crippen LogP contribution in [0.15, 0.2) is 28.8 Å². The standard InChI is InChI=1S/C19H22N4O4/c1-3-23-15-7-6-13(8-17(15)26-11-18(23)24)20-19(25)22(2)10-14-9-16(27-21-14)12-4-5-12/h6-9,12H,3-5,10-11H2,1-2H3,(H,20,25). The Balaban J connectivity index is 1.40. The molecule has 0 unspecified atom stereocenters. The van der Waals surface area contributed by atoms with E-state index in [1.807, 2.05) is 13.0 Å². The van der Waals surface area contributed by atoms with Gasteiger partial charge in [-0.05, 0) is 31.9 Å². The highest BCUT2D eigenvalue weighted by atomic mass is 16.5. The lowest BCUT2D eigenvalue weighted by atomic mass is 10.2. The lowest BCUT2D eigenvalue weighted by molar-refractivity contribution is -0.121. The summed E-state index contributed by atoms with van der Waals surface area (Å²) in [5.74, 6) is 1.92. The summed E-state index contributed by atoms with van der Waals surface area (Å²) in [5.41, 5.74) is 2.06. The molecule has 1 saturated carbocycles. The van der Waals surface area contributed by atoms with Crippen molar-refractivity contribution in [1.29, 1.82) is 0 Å². The zero-order valence-electron chi connectivity index (χ0n) is 15.4. The Hall–Kier alpha value is -3.03. The van der Waals surface area contributed by atoms with Crippen LogP contribution in [0.25, 0.3) is 0 Å². The van der Waals surface area contributed by atoms with E-state index in [0.717, 1.165) is 30.0 Å². The van der Waals surface area contributed by atoms with Crippen LogP contribution >= 0.6 is 0 Å². The second-order valence-electron chi connectivity index (χ2n) is 6.89. The molecule has 2 heterocycles. The van der Waals surface area contributed by atoms with Crippen molar-refractivity contribution in [2.45, 2.75) is 32.2 Å². The molecule has 0 saturated heterocycles. The first-order chi connectivity index (χ1) is 13.0. The van der Waals surface area contributed by atoms with E-state index in [-0.39, 0.29) is 18.5 Å². The van der Waals surface area contributed by atoms with Crippen molar-refractivity contribution in [3.63, 3.8) is 0 Å². The molecule has 1 aliphatic carbocycles. The molecule has 1 aromatic carbocycles. The first-order valence-electron chi connectivity index (χ1n) is 9.10. The summed E-state index contributed by atoms with van der Waals surface area (Å²) < 4.78 is 10.8. The van der Waals surface area contributed by atoms with Crippen molar-refractivity contribution >= 4 is 23.3 Å². The first kappa shape index (κ1) is 17.4. The maximum Gasteiger partial charge on any atom is 0.321 e. The average molecular weight is 370 g/mol. The SMILES string of the molecule is CCN1C(=O)COc2cc(NC(=O)N(C)Cc3cc(C4CC4)on3)ccc21. The van der Waals surface area contributed by atoms with Crippen molar-refractivity contribution in [2.24, 2.45) is 0 Å². The number of urea groups is 1. The number of carbonyl (C=O) groups is 2. The molecular weight excluding hydrogens is 348 g/mol. The van der Waals surface area contributed by atoms with Crippen LogP contribution in [-0.4, -0.2) is 42.2 Å². The molecule has 2 aromatic rings. The third-order valence-corrected chi connectivity index (χ3v) is 4.77. The number of rotatable bonds is 5. The molecule has 8 heteroatoms. The van der Waals surface area contributed by atoms with Gasteiger partial charge >= 0.3 is 6.03 Å². The molecule has 2 aliphatic rings. The van der Waals surface area contributed by atoms with Gasteiger partial charge in [0.1, 0.15) is 17.2 Å². The number of amides is 3. The van der Waals surface area contributed by atoms with Gasteiger partial charge in [0.05, 0.1) is 12.2 Å². The number of fused-ring (bicyclic) bond motifs is 1. The van der Waals surface area contributed by atoms with Gasteiger partial charge < -0.3 is 24.4 Å². The third kappa shape index (κ3) is 3.60. The second kappa shape index (κ2) is 6.94. The Labute approximate surface area is 157 Å². The minimum Gasteiger partial charge on any atom is -0.481 e. The molecule has 8 nitrogen and oxygen atoms in total. The van der Waals surface area contributed by atoms with E-state index in [0.29, 0.717) is 30.4 Å². The Kier molecular flexibility index (Phi) is 4.47. The molecule has 27 heavy (non-hydrogen) atoms. The van der Waals surface area contributed by atoms with Gasteiger partial charge in [-0.1, -0.05) is 5.16 Å². The molecule has 0 radical (unpaired) electrons. The van der Waals surface area contributed by atoms with Gasteiger partial charge in [-0.2, -0.15) is 0 Å². The topological polar surface area (TPSA) is 87.9 Å². The minimum atomic E-state index is -0.259. The number of anilines is 2. The molecular formula is C19H22N4O4. The van der Waals surface area contributed by atoms with Gasteiger partial charge in [0, 0.05) is 37.3 Å². The zero-order chi connectivity index (χ0) is 19.0. The lowest BCUT2D eigenvalue weighted by Gasteiger charge is -2.28. The number of carbonyl (C=O) groups excluding carboxylic acids is 2. The molecule has 1 aliphatic heterocycles. The smallest absolute Gasteiger partial charge is 0.321 e. The molecule has 1 fully saturated rings. The molecule has 4 rings (SSSR count). The largest absolute Gasteiger partial charge is 0.481 e. The van der Waals surface area contributed by atoms with Crippen molar-refractivity contribution in [3.05, 3.63) is 35.7 Å². The van der Waals surface area contributed by atoms with E-state index >= 15 is 0 Å². The fourth-order valence-corrected chi connectivity index (χ4v) is 3.13. The maximum atomic E-state index is 12.5. The molecule has 0 bridgehead atoms. The third-order valence-electron chi connectivity index (χ3n) is 4.77. The van der Waals surface area contributed by atoms with E-state index < -0.39 is 0 Å². The monoisotopic (exact) mass is 370 g/mol. The van der Waals surface area contributed by atoms with E-state index in [4.69, 9.17) is 9.26 Å². The van der Waals surface area contributed by atoms with Gasteiger partial charge in [0.2, 0.25) is 0 Å². The zero-order valence-corrected chi connectivity index (χ0v) is 15.4. The van der Waals surface area contributed by atoms with Crippen LogP contribution in [-0.2, 0) is 11.3 Å². The van der Waals surface area contributed by atoms with Crippen LogP contribution in [0, 0.1) is 0 Å². The molecule has 142 valence electrons. The van der Waals surface area contributed by atoms with Crippen molar-refractivity contribution in [1.82, 2.24) is 10.1 Å². The second-order valence-corrected chi connectivity index (χ2v) is 6.89.